The first-order valence-corrected chi connectivity index (χ1v) is 8.92. The Labute approximate surface area is 153 Å². The van der Waals surface area contributed by atoms with Crippen LogP contribution < -0.4 is 4.90 Å². The molecule has 0 spiro atoms. The topological polar surface area (TPSA) is 29.5 Å². The minimum absolute atomic E-state index is 0.275. The highest BCUT2D eigenvalue weighted by atomic mass is 16.5. The van der Waals surface area contributed by atoms with Gasteiger partial charge in [0.25, 0.3) is 0 Å². The Kier molecular flexibility index (Phi) is 4.69. The number of hydrogen-bond acceptors (Lipinski definition) is 3. The van der Waals surface area contributed by atoms with Crippen molar-refractivity contribution < 1.29 is 9.53 Å². The van der Waals surface area contributed by atoms with E-state index in [-0.39, 0.29) is 5.97 Å². The first-order valence-electron chi connectivity index (χ1n) is 8.92. The van der Waals surface area contributed by atoms with Crippen molar-refractivity contribution in [2.45, 2.75) is 19.6 Å². The van der Waals surface area contributed by atoms with E-state index in [1.54, 1.807) is 0 Å². The Morgan fingerprint density at radius 2 is 1.58 bits per heavy atom. The van der Waals surface area contributed by atoms with E-state index in [9.17, 15) is 4.79 Å². The van der Waals surface area contributed by atoms with E-state index in [1.807, 2.05) is 48.5 Å². The molecule has 0 atom stereocenters. The van der Waals surface area contributed by atoms with Gasteiger partial charge in [-0.25, -0.2) is 4.79 Å². The van der Waals surface area contributed by atoms with Gasteiger partial charge in [-0.1, -0.05) is 66.7 Å². The summed E-state index contributed by atoms with van der Waals surface area (Å²) in [6, 6.07) is 26.1. The number of nitrogens with zero attached hydrogens (tertiary/aromatic N) is 1. The number of ether oxygens (including phenoxy) is 1. The highest BCUT2D eigenvalue weighted by Crippen LogP contribution is 2.30. The minimum atomic E-state index is -0.275. The van der Waals surface area contributed by atoms with Crippen LogP contribution in [0.25, 0.3) is 0 Å². The van der Waals surface area contributed by atoms with Gasteiger partial charge in [0, 0.05) is 18.8 Å². The van der Waals surface area contributed by atoms with E-state index < -0.39 is 0 Å². The fourth-order valence-electron chi connectivity index (χ4n) is 3.35. The van der Waals surface area contributed by atoms with Gasteiger partial charge in [-0.3, -0.25) is 0 Å². The van der Waals surface area contributed by atoms with Gasteiger partial charge in [-0.15, -0.1) is 0 Å². The van der Waals surface area contributed by atoms with Crippen LogP contribution in [-0.4, -0.2) is 12.5 Å². The van der Waals surface area contributed by atoms with Crippen LogP contribution in [0.5, 0.6) is 0 Å². The second-order valence-corrected chi connectivity index (χ2v) is 6.56. The highest BCUT2D eigenvalue weighted by molar-refractivity contribution is 5.91. The molecule has 1 aliphatic heterocycles. The summed E-state index contributed by atoms with van der Waals surface area (Å²) in [7, 11) is 0. The predicted octanol–water partition coefficient (Wildman–Crippen LogP) is 4.61. The van der Waals surface area contributed by atoms with Crippen molar-refractivity contribution >= 4 is 11.7 Å². The van der Waals surface area contributed by atoms with Gasteiger partial charge in [0.1, 0.15) is 6.61 Å². The monoisotopic (exact) mass is 343 g/mol. The number of rotatable bonds is 5. The van der Waals surface area contributed by atoms with E-state index in [0.717, 1.165) is 30.8 Å². The summed E-state index contributed by atoms with van der Waals surface area (Å²) >= 11 is 0. The maximum Gasteiger partial charge on any atom is 0.338 e. The van der Waals surface area contributed by atoms with Crippen molar-refractivity contribution in [3.05, 3.63) is 101 Å². The Morgan fingerprint density at radius 1 is 0.885 bits per heavy atom. The van der Waals surface area contributed by atoms with Crippen molar-refractivity contribution in [3.8, 4) is 0 Å². The van der Waals surface area contributed by atoms with Gasteiger partial charge in [0.05, 0.1) is 5.56 Å². The van der Waals surface area contributed by atoms with Crippen molar-refractivity contribution in [1.82, 2.24) is 0 Å². The molecule has 3 aromatic rings. The number of benzene rings is 3. The summed E-state index contributed by atoms with van der Waals surface area (Å²) in [4.78, 5) is 14.8. The number of carbonyl (C=O) groups is 1. The standard InChI is InChI=1S/C23H21NO2/c25-23(26-17-19-9-5-2-6-10-19)21-12-11-20-13-14-24(22(20)15-21)16-18-7-3-1-4-8-18/h1-12,15H,13-14,16-17H2. The van der Waals surface area contributed by atoms with Crippen molar-refractivity contribution in [1.29, 1.82) is 0 Å². The highest BCUT2D eigenvalue weighted by Gasteiger charge is 2.21. The summed E-state index contributed by atoms with van der Waals surface area (Å²) in [6.07, 6.45) is 1.02. The lowest BCUT2D eigenvalue weighted by Gasteiger charge is -2.20. The molecule has 0 aliphatic carbocycles. The third-order valence-corrected chi connectivity index (χ3v) is 4.74. The molecule has 0 N–H and O–H groups in total. The average Bonchev–Trinajstić information content (AvgIpc) is 3.10. The molecule has 0 aromatic heterocycles. The van der Waals surface area contributed by atoms with Crippen LogP contribution in [0.3, 0.4) is 0 Å². The SMILES string of the molecule is O=C(OCc1ccccc1)c1ccc2c(c1)N(Cc1ccccc1)CC2. The fraction of sp³-hybridized carbons (Fsp3) is 0.174. The summed E-state index contributed by atoms with van der Waals surface area (Å²) in [6.45, 7) is 2.13. The summed E-state index contributed by atoms with van der Waals surface area (Å²) in [5.74, 6) is -0.275. The molecule has 1 aliphatic rings. The van der Waals surface area contributed by atoms with Gasteiger partial charge >= 0.3 is 5.97 Å². The normalized spacial score (nSPS) is 12.7. The zero-order valence-electron chi connectivity index (χ0n) is 14.6. The molecule has 3 nitrogen and oxygen atoms in total. The second-order valence-electron chi connectivity index (χ2n) is 6.56. The van der Waals surface area contributed by atoms with E-state index in [2.05, 4.69) is 35.2 Å². The number of carbonyl (C=O) groups excluding carboxylic acids is 1. The molecule has 0 saturated carbocycles. The molecule has 0 radical (unpaired) electrons. The zero-order valence-corrected chi connectivity index (χ0v) is 14.6. The lowest BCUT2D eigenvalue weighted by molar-refractivity contribution is 0.0473. The van der Waals surface area contributed by atoms with Gasteiger partial charge in [0.15, 0.2) is 0 Å². The molecule has 0 unspecified atom stereocenters. The first-order chi connectivity index (χ1) is 12.8. The molecular weight excluding hydrogens is 322 g/mol. The largest absolute Gasteiger partial charge is 0.457 e. The summed E-state index contributed by atoms with van der Waals surface area (Å²) < 4.78 is 5.47. The van der Waals surface area contributed by atoms with E-state index in [0.29, 0.717) is 12.2 Å². The zero-order chi connectivity index (χ0) is 17.8. The van der Waals surface area contributed by atoms with E-state index in [1.165, 1.54) is 11.1 Å². The van der Waals surface area contributed by atoms with Crippen molar-refractivity contribution in [2.24, 2.45) is 0 Å². The van der Waals surface area contributed by atoms with E-state index in [4.69, 9.17) is 4.74 Å². The fourth-order valence-corrected chi connectivity index (χ4v) is 3.35. The minimum Gasteiger partial charge on any atom is -0.457 e. The summed E-state index contributed by atoms with van der Waals surface area (Å²) in [5, 5.41) is 0. The molecule has 130 valence electrons. The van der Waals surface area contributed by atoms with Crippen LogP contribution in [0.15, 0.2) is 78.9 Å². The molecule has 0 fully saturated rings. The van der Waals surface area contributed by atoms with Crippen LogP contribution in [0, 0.1) is 0 Å². The number of fused-ring (bicyclic) bond motifs is 1. The molecule has 1 heterocycles. The lowest BCUT2D eigenvalue weighted by Crippen LogP contribution is -2.19. The molecule has 0 amide bonds. The molecule has 3 heteroatoms. The van der Waals surface area contributed by atoms with Gasteiger partial charge in [-0.05, 0) is 35.2 Å². The van der Waals surface area contributed by atoms with Crippen LogP contribution >= 0.6 is 0 Å². The lowest BCUT2D eigenvalue weighted by atomic mass is 10.1. The first kappa shape index (κ1) is 16.4. The maximum atomic E-state index is 12.4. The van der Waals surface area contributed by atoms with Crippen LogP contribution in [0.2, 0.25) is 0 Å². The van der Waals surface area contributed by atoms with Crippen LogP contribution in [0.1, 0.15) is 27.0 Å². The van der Waals surface area contributed by atoms with Crippen LogP contribution in [-0.2, 0) is 24.3 Å². The average molecular weight is 343 g/mol. The Balaban J connectivity index is 1.47. The van der Waals surface area contributed by atoms with Gasteiger partial charge in [-0.2, -0.15) is 0 Å². The molecular formula is C23H21NO2. The Hall–Kier alpha value is -3.07. The molecule has 3 aromatic carbocycles. The summed E-state index contributed by atoms with van der Waals surface area (Å²) in [5.41, 5.74) is 5.31. The molecule has 4 rings (SSSR count). The van der Waals surface area contributed by atoms with Crippen molar-refractivity contribution in [2.75, 3.05) is 11.4 Å². The number of hydrogen-bond donors (Lipinski definition) is 0. The number of esters is 1. The maximum absolute atomic E-state index is 12.4. The van der Waals surface area contributed by atoms with E-state index >= 15 is 0 Å². The Bertz CT molecular complexity index is 891. The van der Waals surface area contributed by atoms with Gasteiger partial charge < -0.3 is 9.64 Å². The van der Waals surface area contributed by atoms with Crippen molar-refractivity contribution in [3.63, 3.8) is 0 Å². The quantitative estimate of drug-likeness (QED) is 0.634. The number of anilines is 1. The molecule has 0 bridgehead atoms. The molecule has 0 saturated heterocycles. The predicted molar refractivity (Wildman–Crippen MR) is 103 cm³/mol. The van der Waals surface area contributed by atoms with Crippen LogP contribution in [0.4, 0.5) is 5.69 Å². The smallest absolute Gasteiger partial charge is 0.338 e. The Morgan fingerprint density at radius 3 is 2.31 bits per heavy atom. The molecule has 26 heavy (non-hydrogen) atoms. The van der Waals surface area contributed by atoms with Gasteiger partial charge in [0.2, 0.25) is 0 Å². The third-order valence-electron chi connectivity index (χ3n) is 4.74. The second kappa shape index (κ2) is 7.44. The third kappa shape index (κ3) is 3.62.